The van der Waals surface area contributed by atoms with Gasteiger partial charge in [0.2, 0.25) is 0 Å². The van der Waals surface area contributed by atoms with E-state index in [0.29, 0.717) is 6.04 Å². The van der Waals surface area contributed by atoms with E-state index in [1.807, 2.05) is 40.9 Å². The van der Waals surface area contributed by atoms with E-state index in [1.165, 1.54) is 0 Å². The number of imidazole rings is 1. The van der Waals surface area contributed by atoms with Crippen LogP contribution in [0.2, 0.25) is 0 Å². The molecular formula is C15H17N3O. The van der Waals surface area contributed by atoms with Crippen LogP contribution in [0.3, 0.4) is 0 Å². The molecule has 0 radical (unpaired) electrons. The highest BCUT2D eigenvalue weighted by Crippen LogP contribution is 2.23. The van der Waals surface area contributed by atoms with Gasteiger partial charge in [0.1, 0.15) is 11.4 Å². The normalized spacial score (nSPS) is 11.5. The van der Waals surface area contributed by atoms with Gasteiger partial charge in [-0.05, 0) is 24.3 Å². The van der Waals surface area contributed by atoms with Crippen molar-refractivity contribution in [2.24, 2.45) is 0 Å². The van der Waals surface area contributed by atoms with Gasteiger partial charge in [-0.15, -0.1) is 0 Å². The molecule has 0 amide bonds. The van der Waals surface area contributed by atoms with E-state index in [1.54, 1.807) is 6.20 Å². The average molecular weight is 255 g/mol. The minimum absolute atomic E-state index is 0.450. The van der Waals surface area contributed by atoms with Crippen LogP contribution in [0.15, 0.2) is 47.1 Å². The van der Waals surface area contributed by atoms with Crippen molar-refractivity contribution in [3.05, 3.63) is 48.5 Å². The van der Waals surface area contributed by atoms with Crippen LogP contribution in [0, 0.1) is 0 Å². The molecule has 0 aliphatic heterocycles. The summed E-state index contributed by atoms with van der Waals surface area (Å²) in [7, 11) is 0. The summed E-state index contributed by atoms with van der Waals surface area (Å²) >= 11 is 0. The van der Waals surface area contributed by atoms with E-state index >= 15 is 0 Å². The predicted molar refractivity (Wildman–Crippen MR) is 74.9 cm³/mol. The summed E-state index contributed by atoms with van der Waals surface area (Å²) in [4.78, 5) is 4.28. The molecule has 3 rings (SSSR count). The Labute approximate surface area is 112 Å². The number of rotatable bonds is 4. The molecule has 4 heteroatoms. The van der Waals surface area contributed by atoms with Gasteiger partial charge >= 0.3 is 0 Å². The molecule has 3 heterocycles. The molecule has 0 saturated heterocycles. The van der Waals surface area contributed by atoms with E-state index in [9.17, 15) is 0 Å². The van der Waals surface area contributed by atoms with Gasteiger partial charge in [-0.3, -0.25) is 4.40 Å². The monoisotopic (exact) mass is 255 g/mol. The zero-order valence-electron chi connectivity index (χ0n) is 11.1. The molecule has 3 aromatic heterocycles. The molecule has 0 atom stereocenters. The highest BCUT2D eigenvalue weighted by atomic mass is 16.3. The van der Waals surface area contributed by atoms with E-state index in [0.717, 1.165) is 29.4 Å². The van der Waals surface area contributed by atoms with Crippen LogP contribution in [0.1, 0.15) is 19.6 Å². The summed E-state index contributed by atoms with van der Waals surface area (Å²) in [6.45, 7) is 4.99. The second-order valence-electron chi connectivity index (χ2n) is 4.87. The lowest BCUT2D eigenvalue weighted by atomic mass is 10.3. The Bertz CT molecular complexity index is 681. The maximum atomic E-state index is 5.89. The van der Waals surface area contributed by atoms with Crippen molar-refractivity contribution >= 4 is 5.65 Å². The van der Waals surface area contributed by atoms with Crippen LogP contribution in [0.5, 0.6) is 0 Å². The molecular weight excluding hydrogens is 238 g/mol. The molecule has 0 bridgehead atoms. The first-order chi connectivity index (χ1) is 9.24. The summed E-state index contributed by atoms with van der Waals surface area (Å²) in [5.74, 6) is 1.81. The lowest BCUT2D eigenvalue weighted by molar-refractivity contribution is 0.472. The van der Waals surface area contributed by atoms with Gasteiger partial charge in [0.15, 0.2) is 5.76 Å². The minimum Gasteiger partial charge on any atom is -0.458 e. The van der Waals surface area contributed by atoms with Crippen molar-refractivity contribution in [1.29, 1.82) is 0 Å². The Morgan fingerprint density at radius 1 is 1.26 bits per heavy atom. The fourth-order valence-corrected chi connectivity index (χ4v) is 2.06. The second kappa shape index (κ2) is 4.90. The highest BCUT2D eigenvalue weighted by molar-refractivity contribution is 5.58. The van der Waals surface area contributed by atoms with Crippen molar-refractivity contribution in [3.8, 4) is 11.5 Å². The third-order valence-corrected chi connectivity index (χ3v) is 3.03. The summed E-state index contributed by atoms with van der Waals surface area (Å²) in [5.41, 5.74) is 1.95. The van der Waals surface area contributed by atoms with Crippen LogP contribution in [-0.4, -0.2) is 15.4 Å². The molecule has 0 aliphatic carbocycles. The van der Waals surface area contributed by atoms with Crippen molar-refractivity contribution in [2.75, 3.05) is 0 Å². The molecule has 0 spiro atoms. The molecule has 0 aromatic carbocycles. The SMILES string of the molecule is CC(C)NCc1ccc(-c2cccc3nccn23)o1. The number of fused-ring (bicyclic) bond motifs is 1. The summed E-state index contributed by atoms with van der Waals surface area (Å²) in [5, 5.41) is 3.35. The van der Waals surface area contributed by atoms with Crippen LogP contribution in [-0.2, 0) is 6.54 Å². The smallest absolute Gasteiger partial charge is 0.151 e. The number of pyridine rings is 1. The zero-order chi connectivity index (χ0) is 13.2. The van der Waals surface area contributed by atoms with Gasteiger partial charge in [-0.1, -0.05) is 19.9 Å². The van der Waals surface area contributed by atoms with Crippen LogP contribution in [0.25, 0.3) is 17.1 Å². The first-order valence-electron chi connectivity index (χ1n) is 6.48. The van der Waals surface area contributed by atoms with Gasteiger partial charge in [-0.2, -0.15) is 0 Å². The topological polar surface area (TPSA) is 42.5 Å². The number of nitrogens with one attached hydrogen (secondary N) is 1. The van der Waals surface area contributed by atoms with Crippen LogP contribution in [0.4, 0.5) is 0 Å². The Morgan fingerprint density at radius 3 is 3.00 bits per heavy atom. The van der Waals surface area contributed by atoms with Crippen LogP contribution >= 0.6 is 0 Å². The maximum absolute atomic E-state index is 5.89. The van der Waals surface area contributed by atoms with Gasteiger partial charge in [0, 0.05) is 18.4 Å². The van der Waals surface area contributed by atoms with E-state index in [2.05, 4.69) is 24.1 Å². The summed E-state index contributed by atoms with van der Waals surface area (Å²) < 4.78 is 7.91. The van der Waals surface area contributed by atoms with E-state index in [4.69, 9.17) is 4.42 Å². The zero-order valence-corrected chi connectivity index (χ0v) is 11.1. The van der Waals surface area contributed by atoms with Gasteiger partial charge in [0.25, 0.3) is 0 Å². The molecule has 0 fully saturated rings. The molecule has 19 heavy (non-hydrogen) atoms. The Morgan fingerprint density at radius 2 is 2.16 bits per heavy atom. The number of aromatic nitrogens is 2. The number of furan rings is 1. The lowest BCUT2D eigenvalue weighted by Crippen LogP contribution is -2.21. The molecule has 0 aliphatic rings. The molecule has 0 unspecified atom stereocenters. The first-order valence-corrected chi connectivity index (χ1v) is 6.48. The highest BCUT2D eigenvalue weighted by Gasteiger charge is 2.08. The first kappa shape index (κ1) is 12.0. The Hall–Kier alpha value is -2.07. The number of hydrogen-bond donors (Lipinski definition) is 1. The summed E-state index contributed by atoms with van der Waals surface area (Å²) in [6, 6.07) is 10.5. The molecule has 3 aromatic rings. The molecule has 0 saturated carbocycles. The Kier molecular flexibility index (Phi) is 3.09. The van der Waals surface area contributed by atoms with Crippen LogP contribution < -0.4 is 5.32 Å². The minimum atomic E-state index is 0.450. The van der Waals surface area contributed by atoms with Crippen molar-refractivity contribution in [1.82, 2.24) is 14.7 Å². The fourth-order valence-electron chi connectivity index (χ4n) is 2.06. The molecule has 98 valence electrons. The molecule has 4 nitrogen and oxygen atoms in total. The number of hydrogen-bond acceptors (Lipinski definition) is 3. The van der Waals surface area contributed by atoms with Crippen molar-refractivity contribution < 1.29 is 4.42 Å². The summed E-state index contributed by atoms with van der Waals surface area (Å²) in [6.07, 6.45) is 3.74. The third-order valence-electron chi connectivity index (χ3n) is 3.03. The second-order valence-corrected chi connectivity index (χ2v) is 4.87. The van der Waals surface area contributed by atoms with E-state index in [-0.39, 0.29) is 0 Å². The largest absolute Gasteiger partial charge is 0.458 e. The average Bonchev–Trinajstić information content (AvgIpc) is 3.04. The quantitative estimate of drug-likeness (QED) is 0.779. The molecule has 1 N–H and O–H groups in total. The van der Waals surface area contributed by atoms with Crippen molar-refractivity contribution in [3.63, 3.8) is 0 Å². The fraction of sp³-hybridized carbons (Fsp3) is 0.267. The van der Waals surface area contributed by atoms with Gasteiger partial charge in [0.05, 0.1) is 12.2 Å². The predicted octanol–water partition coefficient (Wildman–Crippen LogP) is 3.09. The van der Waals surface area contributed by atoms with E-state index < -0.39 is 0 Å². The van der Waals surface area contributed by atoms with Gasteiger partial charge < -0.3 is 9.73 Å². The van der Waals surface area contributed by atoms with Crippen molar-refractivity contribution in [2.45, 2.75) is 26.4 Å². The van der Waals surface area contributed by atoms with Gasteiger partial charge in [-0.25, -0.2) is 4.98 Å². The standard InChI is InChI=1S/C15H17N3O/c1-11(2)17-10-12-6-7-14(19-12)13-4-3-5-15-16-8-9-18(13)15/h3-9,11,17H,10H2,1-2H3. The number of nitrogens with zero attached hydrogens (tertiary/aromatic N) is 2. The Balaban J connectivity index is 1.92. The third kappa shape index (κ3) is 2.39. The lowest BCUT2D eigenvalue weighted by Gasteiger charge is -2.05. The maximum Gasteiger partial charge on any atom is 0.151 e.